The Labute approximate surface area is 94.0 Å². The fraction of sp³-hybridized carbons (Fsp3) is 0.0769. The summed E-state index contributed by atoms with van der Waals surface area (Å²) in [5.41, 5.74) is 1.44. The Morgan fingerprint density at radius 1 is 1.44 bits per heavy atom. The van der Waals surface area contributed by atoms with Gasteiger partial charge in [0.05, 0.1) is 11.1 Å². The van der Waals surface area contributed by atoms with Gasteiger partial charge in [-0.05, 0) is 12.1 Å². The lowest BCUT2D eigenvalue weighted by molar-refractivity contribution is 1.25. The van der Waals surface area contributed by atoms with Crippen molar-refractivity contribution in [2.24, 2.45) is 0 Å². The number of fused-ring (bicyclic) bond motifs is 1. The van der Waals surface area contributed by atoms with Gasteiger partial charge in [-0.2, -0.15) is 5.26 Å². The second-order valence-electron chi connectivity index (χ2n) is 3.36. The van der Waals surface area contributed by atoms with E-state index in [4.69, 9.17) is 5.26 Å². The first kappa shape index (κ1) is 10.2. The van der Waals surface area contributed by atoms with Crippen molar-refractivity contribution in [3.8, 4) is 6.07 Å². The van der Waals surface area contributed by atoms with E-state index in [1.54, 1.807) is 6.08 Å². The summed E-state index contributed by atoms with van der Waals surface area (Å²) in [6.45, 7) is 4.22. The SMILES string of the molecule is C=CCNc1nc2ccccc2cc1C#N. The molecule has 2 rings (SSSR count). The molecule has 78 valence electrons. The van der Waals surface area contributed by atoms with Gasteiger partial charge in [-0.15, -0.1) is 6.58 Å². The monoisotopic (exact) mass is 209 g/mol. The number of para-hydroxylation sites is 1. The Morgan fingerprint density at radius 3 is 3.00 bits per heavy atom. The normalized spacial score (nSPS) is 9.69. The lowest BCUT2D eigenvalue weighted by Gasteiger charge is -2.06. The van der Waals surface area contributed by atoms with Crippen molar-refractivity contribution < 1.29 is 0 Å². The molecule has 1 aromatic carbocycles. The lowest BCUT2D eigenvalue weighted by Crippen LogP contribution is -2.02. The molecule has 3 nitrogen and oxygen atoms in total. The summed E-state index contributed by atoms with van der Waals surface area (Å²) in [7, 11) is 0. The maximum atomic E-state index is 9.02. The van der Waals surface area contributed by atoms with Crippen molar-refractivity contribution in [1.82, 2.24) is 4.98 Å². The van der Waals surface area contributed by atoms with E-state index in [1.165, 1.54) is 0 Å². The molecular formula is C13H11N3. The topological polar surface area (TPSA) is 48.7 Å². The highest BCUT2D eigenvalue weighted by Crippen LogP contribution is 2.19. The first-order valence-electron chi connectivity index (χ1n) is 5.00. The molecule has 0 saturated heterocycles. The molecule has 0 unspecified atom stereocenters. The van der Waals surface area contributed by atoms with Crippen LogP contribution in [0.15, 0.2) is 43.0 Å². The molecule has 0 aliphatic carbocycles. The Bertz CT molecular complexity index is 567. The molecule has 0 aliphatic rings. The molecule has 0 fully saturated rings. The maximum Gasteiger partial charge on any atom is 0.144 e. The zero-order chi connectivity index (χ0) is 11.4. The van der Waals surface area contributed by atoms with Gasteiger partial charge in [-0.1, -0.05) is 24.3 Å². The minimum atomic E-state index is 0.556. The third-order valence-corrected chi connectivity index (χ3v) is 2.26. The van der Waals surface area contributed by atoms with E-state index in [2.05, 4.69) is 22.9 Å². The van der Waals surface area contributed by atoms with Crippen LogP contribution in [0.2, 0.25) is 0 Å². The van der Waals surface area contributed by atoms with Crippen molar-refractivity contribution in [3.63, 3.8) is 0 Å². The Kier molecular flexibility index (Phi) is 2.84. The highest BCUT2D eigenvalue weighted by molar-refractivity contribution is 5.82. The van der Waals surface area contributed by atoms with Gasteiger partial charge < -0.3 is 5.32 Å². The number of anilines is 1. The number of pyridine rings is 1. The van der Waals surface area contributed by atoms with Crippen LogP contribution in [0.5, 0.6) is 0 Å². The highest BCUT2D eigenvalue weighted by atomic mass is 15.0. The molecule has 0 bridgehead atoms. The standard InChI is InChI=1S/C13H11N3/c1-2-7-15-13-11(9-14)8-10-5-3-4-6-12(10)16-13/h2-6,8H,1,7H2,(H,15,16). The first-order chi connectivity index (χ1) is 7.85. The summed E-state index contributed by atoms with van der Waals surface area (Å²) in [5, 5.41) is 13.1. The predicted octanol–water partition coefficient (Wildman–Crippen LogP) is 2.70. The van der Waals surface area contributed by atoms with Gasteiger partial charge in [0.25, 0.3) is 0 Å². The summed E-state index contributed by atoms with van der Waals surface area (Å²) in [6.07, 6.45) is 1.73. The number of rotatable bonds is 3. The number of nitriles is 1. The van der Waals surface area contributed by atoms with Gasteiger partial charge >= 0.3 is 0 Å². The van der Waals surface area contributed by atoms with E-state index in [-0.39, 0.29) is 0 Å². The third-order valence-electron chi connectivity index (χ3n) is 2.26. The molecule has 0 spiro atoms. The van der Waals surface area contributed by atoms with Gasteiger partial charge in [0.1, 0.15) is 11.9 Å². The zero-order valence-electron chi connectivity index (χ0n) is 8.77. The summed E-state index contributed by atoms with van der Waals surface area (Å²) in [6, 6.07) is 11.7. The summed E-state index contributed by atoms with van der Waals surface area (Å²) in [4.78, 5) is 4.40. The molecule has 1 aromatic heterocycles. The van der Waals surface area contributed by atoms with Crippen LogP contribution in [0.25, 0.3) is 10.9 Å². The quantitative estimate of drug-likeness (QED) is 0.790. The summed E-state index contributed by atoms with van der Waals surface area (Å²) >= 11 is 0. The Morgan fingerprint density at radius 2 is 2.25 bits per heavy atom. The highest BCUT2D eigenvalue weighted by Gasteiger charge is 2.04. The van der Waals surface area contributed by atoms with Crippen LogP contribution in [-0.4, -0.2) is 11.5 Å². The molecular weight excluding hydrogens is 198 g/mol. The van der Waals surface area contributed by atoms with Gasteiger partial charge in [0.15, 0.2) is 0 Å². The van der Waals surface area contributed by atoms with E-state index in [1.807, 2.05) is 30.3 Å². The fourth-order valence-electron chi connectivity index (χ4n) is 1.50. The second kappa shape index (κ2) is 4.45. The maximum absolute atomic E-state index is 9.02. The zero-order valence-corrected chi connectivity index (χ0v) is 8.77. The van der Waals surface area contributed by atoms with Gasteiger partial charge in [0.2, 0.25) is 0 Å². The lowest BCUT2D eigenvalue weighted by atomic mass is 10.1. The van der Waals surface area contributed by atoms with Crippen LogP contribution in [0.3, 0.4) is 0 Å². The molecule has 1 heterocycles. The van der Waals surface area contributed by atoms with Crippen molar-refractivity contribution >= 4 is 16.7 Å². The van der Waals surface area contributed by atoms with Crippen LogP contribution in [0, 0.1) is 11.3 Å². The smallest absolute Gasteiger partial charge is 0.144 e. The molecule has 16 heavy (non-hydrogen) atoms. The second-order valence-corrected chi connectivity index (χ2v) is 3.36. The molecule has 0 aliphatic heterocycles. The van der Waals surface area contributed by atoms with E-state index in [9.17, 15) is 0 Å². The number of hydrogen-bond donors (Lipinski definition) is 1. The van der Waals surface area contributed by atoms with E-state index < -0.39 is 0 Å². The summed E-state index contributed by atoms with van der Waals surface area (Å²) in [5.74, 6) is 0.612. The van der Waals surface area contributed by atoms with Crippen LogP contribution in [0.4, 0.5) is 5.82 Å². The Hall–Kier alpha value is -2.34. The number of aromatic nitrogens is 1. The van der Waals surface area contributed by atoms with Gasteiger partial charge in [0, 0.05) is 11.9 Å². The fourth-order valence-corrected chi connectivity index (χ4v) is 1.50. The van der Waals surface area contributed by atoms with Crippen LogP contribution in [-0.2, 0) is 0 Å². The molecule has 0 atom stereocenters. The number of nitrogens with zero attached hydrogens (tertiary/aromatic N) is 2. The van der Waals surface area contributed by atoms with E-state index >= 15 is 0 Å². The molecule has 0 saturated carbocycles. The van der Waals surface area contributed by atoms with Crippen molar-refractivity contribution in [1.29, 1.82) is 5.26 Å². The number of hydrogen-bond acceptors (Lipinski definition) is 3. The number of nitrogens with one attached hydrogen (secondary N) is 1. The molecule has 3 heteroatoms. The largest absolute Gasteiger partial charge is 0.365 e. The average Bonchev–Trinajstić information content (AvgIpc) is 2.35. The molecule has 2 aromatic rings. The molecule has 0 radical (unpaired) electrons. The van der Waals surface area contributed by atoms with Gasteiger partial charge in [-0.25, -0.2) is 4.98 Å². The first-order valence-corrected chi connectivity index (χ1v) is 5.00. The van der Waals surface area contributed by atoms with Crippen molar-refractivity contribution in [2.45, 2.75) is 0 Å². The van der Waals surface area contributed by atoms with E-state index in [0.717, 1.165) is 10.9 Å². The number of benzene rings is 1. The molecule has 0 amide bonds. The van der Waals surface area contributed by atoms with E-state index in [0.29, 0.717) is 17.9 Å². The minimum absolute atomic E-state index is 0.556. The third kappa shape index (κ3) is 1.86. The molecule has 1 N–H and O–H groups in total. The van der Waals surface area contributed by atoms with Crippen LogP contribution >= 0.6 is 0 Å². The van der Waals surface area contributed by atoms with Crippen molar-refractivity contribution in [2.75, 3.05) is 11.9 Å². The summed E-state index contributed by atoms with van der Waals surface area (Å²) < 4.78 is 0. The van der Waals surface area contributed by atoms with Crippen LogP contribution < -0.4 is 5.32 Å². The van der Waals surface area contributed by atoms with Crippen molar-refractivity contribution in [3.05, 3.63) is 48.6 Å². The Balaban J connectivity index is 2.54. The average molecular weight is 209 g/mol. The van der Waals surface area contributed by atoms with Gasteiger partial charge in [-0.3, -0.25) is 0 Å². The minimum Gasteiger partial charge on any atom is -0.365 e. The van der Waals surface area contributed by atoms with Crippen LogP contribution in [0.1, 0.15) is 5.56 Å². The predicted molar refractivity (Wildman–Crippen MR) is 65.1 cm³/mol.